The van der Waals surface area contributed by atoms with Gasteiger partial charge in [-0.2, -0.15) is 0 Å². The van der Waals surface area contributed by atoms with E-state index in [1.807, 2.05) is 24.3 Å². The lowest BCUT2D eigenvalue weighted by molar-refractivity contribution is 0.0996. The number of anilines is 3. The van der Waals surface area contributed by atoms with E-state index in [2.05, 4.69) is 15.6 Å². The number of aromatic nitrogens is 1. The molecular formula is C17H15N3O3. The first-order valence-corrected chi connectivity index (χ1v) is 6.96. The van der Waals surface area contributed by atoms with Crippen molar-refractivity contribution in [2.75, 3.05) is 17.7 Å². The minimum Gasteiger partial charge on any atom is -0.497 e. The Bertz CT molecular complexity index is 783. The van der Waals surface area contributed by atoms with Crippen molar-refractivity contribution in [1.29, 1.82) is 0 Å². The monoisotopic (exact) mass is 309 g/mol. The Morgan fingerprint density at radius 1 is 1.13 bits per heavy atom. The number of amides is 1. The molecule has 0 aliphatic rings. The number of methoxy groups -OCH3 is 1. The van der Waals surface area contributed by atoms with Crippen molar-refractivity contribution in [3.63, 3.8) is 0 Å². The predicted octanol–water partition coefficient (Wildman–Crippen LogP) is 3.68. The summed E-state index contributed by atoms with van der Waals surface area (Å²) in [7, 11) is 1.62. The lowest BCUT2D eigenvalue weighted by Gasteiger charge is -2.08. The van der Waals surface area contributed by atoms with E-state index in [9.17, 15) is 4.79 Å². The van der Waals surface area contributed by atoms with Crippen LogP contribution in [0.1, 0.15) is 10.6 Å². The normalized spacial score (nSPS) is 10.1. The molecule has 0 radical (unpaired) electrons. The number of ether oxygens (including phenoxy) is 1. The molecule has 6 nitrogen and oxygen atoms in total. The van der Waals surface area contributed by atoms with Gasteiger partial charge in [0.15, 0.2) is 5.76 Å². The fraction of sp³-hybridized carbons (Fsp3) is 0.0588. The van der Waals surface area contributed by atoms with E-state index in [1.54, 1.807) is 37.6 Å². The summed E-state index contributed by atoms with van der Waals surface area (Å²) in [4.78, 5) is 16.1. The summed E-state index contributed by atoms with van der Waals surface area (Å²) in [6, 6.07) is 14.3. The van der Waals surface area contributed by atoms with Gasteiger partial charge in [-0.3, -0.25) is 4.79 Å². The zero-order valence-electron chi connectivity index (χ0n) is 12.4. The average Bonchev–Trinajstić information content (AvgIpc) is 3.11. The molecule has 0 atom stereocenters. The summed E-state index contributed by atoms with van der Waals surface area (Å²) < 4.78 is 10.2. The van der Waals surface area contributed by atoms with Crippen LogP contribution in [-0.2, 0) is 0 Å². The number of rotatable bonds is 5. The van der Waals surface area contributed by atoms with Crippen LogP contribution in [0, 0.1) is 0 Å². The van der Waals surface area contributed by atoms with E-state index in [4.69, 9.17) is 9.15 Å². The number of hydrogen-bond donors (Lipinski definition) is 2. The van der Waals surface area contributed by atoms with Crippen molar-refractivity contribution in [3.8, 4) is 5.75 Å². The number of carbonyl (C=O) groups excluding carboxylic acids is 1. The highest BCUT2D eigenvalue weighted by molar-refractivity contribution is 6.02. The molecule has 0 spiro atoms. The summed E-state index contributed by atoms with van der Waals surface area (Å²) in [5.74, 6) is 1.36. The number of furan rings is 1. The molecule has 0 aliphatic heterocycles. The fourth-order valence-corrected chi connectivity index (χ4v) is 1.99. The van der Waals surface area contributed by atoms with Crippen molar-refractivity contribution >= 4 is 23.1 Å². The molecule has 2 heterocycles. The van der Waals surface area contributed by atoms with Crippen molar-refractivity contribution in [2.45, 2.75) is 0 Å². The Hall–Kier alpha value is -3.28. The molecule has 0 bridgehead atoms. The average molecular weight is 309 g/mol. The molecular weight excluding hydrogens is 294 g/mol. The van der Waals surface area contributed by atoms with Crippen LogP contribution < -0.4 is 15.4 Å². The van der Waals surface area contributed by atoms with Crippen molar-refractivity contribution < 1.29 is 13.9 Å². The van der Waals surface area contributed by atoms with Gasteiger partial charge in [-0.1, -0.05) is 6.07 Å². The molecule has 0 saturated heterocycles. The standard InChI is InChI=1S/C17H15N3O3/c1-22-14-5-2-4-12(10-14)19-16-8-7-13(11-18-16)20-17(21)15-6-3-9-23-15/h2-11H,1H3,(H,18,19)(H,20,21). The third kappa shape index (κ3) is 3.68. The third-order valence-electron chi connectivity index (χ3n) is 3.11. The van der Waals surface area contributed by atoms with E-state index in [0.29, 0.717) is 11.5 Å². The minimum absolute atomic E-state index is 0.253. The number of nitrogens with one attached hydrogen (secondary N) is 2. The van der Waals surface area contributed by atoms with E-state index >= 15 is 0 Å². The van der Waals surface area contributed by atoms with Gasteiger partial charge in [-0.15, -0.1) is 0 Å². The highest BCUT2D eigenvalue weighted by Crippen LogP contribution is 2.21. The van der Waals surface area contributed by atoms with Gasteiger partial charge in [0.1, 0.15) is 11.6 Å². The van der Waals surface area contributed by atoms with Crippen LogP contribution in [0.2, 0.25) is 0 Å². The van der Waals surface area contributed by atoms with Gasteiger partial charge < -0.3 is 19.8 Å². The first kappa shape index (κ1) is 14.6. The molecule has 116 valence electrons. The zero-order chi connectivity index (χ0) is 16.1. The summed E-state index contributed by atoms with van der Waals surface area (Å²) in [6.07, 6.45) is 3.03. The molecule has 3 aromatic rings. The third-order valence-corrected chi connectivity index (χ3v) is 3.11. The molecule has 2 N–H and O–H groups in total. The van der Waals surface area contributed by atoms with E-state index in [-0.39, 0.29) is 11.7 Å². The summed E-state index contributed by atoms with van der Waals surface area (Å²) in [6.45, 7) is 0. The van der Waals surface area contributed by atoms with Crippen LogP contribution in [-0.4, -0.2) is 18.0 Å². The Kier molecular flexibility index (Phi) is 4.24. The molecule has 3 rings (SSSR count). The maximum Gasteiger partial charge on any atom is 0.291 e. The SMILES string of the molecule is COc1cccc(Nc2ccc(NC(=O)c3ccco3)cn2)c1. The summed E-state index contributed by atoms with van der Waals surface area (Å²) >= 11 is 0. The molecule has 0 unspecified atom stereocenters. The van der Waals surface area contributed by atoms with Crippen LogP contribution in [0.5, 0.6) is 5.75 Å². The van der Waals surface area contributed by atoms with Crippen LogP contribution in [0.25, 0.3) is 0 Å². The number of benzene rings is 1. The van der Waals surface area contributed by atoms with Crippen molar-refractivity contribution in [3.05, 3.63) is 66.8 Å². The smallest absolute Gasteiger partial charge is 0.291 e. The molecule has 23 heavy (non-hydrogen) atoms. The second kappa shape index (κ2) is 6.65. The van der Waals surface area contributed by atoms with E-state index in [1.165, 1.54) is 6.26 Å². The number of nitrogens with zero attached hydrogens (tertiary/aromatic N) is 1. The Morgan fingerprint density at radius 2 is 2.04 bits per heavy atom. The fourth-order valence-electron chi connectivity index (χ4n) is 1.99. The highest BCUT2D eigenvalue weighted by atomic mass is 16.5. The van der Waals surface area contributed by atoms with Crippen LogP contribution >= 0.6 is 0 Å². The van der Waals surface area contributed by atoms with Crippen LogP contribution in [0.3, 0.4) is 0 Å². The first-order chi connectivity index (χ1) is 11.2. The second-order valence-electron chi connectivity index (χ2n) is 4.72. The van der Waals surface area contributed by atoms with Gasteiger partial charge >= 0.3 is 0 Å². The zero-order valence-corrected chi connectivity index (χ0v) is 12.4. The van der Waals surface area contributed by atoms with Gasteiger partial charge in [0.05, 0.1) is 25.3 Å². The molecule has 6 heteroatoms. The molecule has 2 aromatic heterocycles. The number of carbonyl (C=O) groups is 1. The Labute approximate surface area is 133 Å². The second-order valence-corrected chi connectivity index (χ2v) is 4.72. The van der Waals surface area contributed by atoms with Crippen LogP contribution in [0.15, 0.2) is 65.4 Å². The van der Waals surface area contributed by atoms with E-state index < -0.39 is 0 Å². The minimum atomic E-state index is -0.315. The van der Waals surface area contributed by atoms with Crippen LogP contribution in [0.4, 0.5) is 17.2 Å². The number of hydrogen-bond acceptors (Lipinski definition) is 5. The van der Waals surface area contributed by atoms with Gasteiger partial charge in [0.2, 0.25) is 0 Å². The molecule has 1 amide bonds. The molecule has 0 saturated carbocycles. The first-order valence-electron chi connectivity index (χ1n) is 6.96. The van der Waals surface area contributed by atoms with E-state index in [0.717, 1.165) is 11.4 Å². The molecule has 0 fully saturated rings. The summed E-state index contributed by atoms with van der Waals surface area (Å²) in [5, 5.41) is 5.88. The van der Waals surface area contributed by atoms with Crippen molar-refractivity contribution in [2.24, 2.45) is 0 Å². The van der Waals surface area contributed by atoms with Crippen molar-refractivity contribution in [1.82, 2.24) is 4.98 Å². The maximum atomic E-state index is 11.9. The topological polar surface area (TPSA) is 76.4 Å². The van der Waals surface area contributed by atoms with Gasteiger partial charge in [0.25, 0.3) is 5.91 Å². The maximum absolute atomic E-state index is 11.9. The lowest BCUT2D eigenvalue weighted by Crippen LogP contribution is -2.11. The van der Waals surface area contributed by atoms with Gasteiger partial charge in [-0.05, 0) is 36.4 Å². The molecule has 0 aliphatic carbocycles. The highest BCUT2D eigenvalue weighted by Gasteiger charge is 2.08. The quantitative estimate of drug-likeness (QED) is 0.752. The Morgan fingerprint density at radius 3 is 2.74 bits per heavy atom. The lowest BCUT2D eigenvalue weighted by atomic mass is 10.3. The Balaban J connectivity index is 1.66. The van der Waals surface area contributed by atoms with Gasteiger partial charge in [0, 0.05) is 11.8 Å². The predicted molar refractivity (Wildman–Crippen MR) is 87.2 cm³/mol. The van der Waals surface area contributed by atoms with Gasteiger partial charge in [-0.25, -0.2) is 4.98 Å². The largest absolute Gasteiger partial charge is 0.497 e. The summed E-state index contributed by atoms with van der Waals surface area (Å²) in [5.41, 5.74) is 1.45. The molecule has 1 aromatic carbocycles. The number of pyridine rings is 1.